The van der Waals surface area contributed by atoms with Crippen LogP contribution in [0.15, 0.2) is 18.2 Å². The fourth-order valence-corrected chi connectivity index (χ4v) is 2.00. The molecule has 106 valence electrons. The molecule has 4 nitrogen and oxygen atoms in total. The number of nitrogens with zero attached hydrogens (tertiary/aromatic N) is 2. The molecule has 19 heavy (non-hydrogen) atoms. The van der Waals surface area contributed by atoms with Crippen molar-refractivity contribution in [3.63, 3.8) is 0 Å². The summed E-state index contributed by atoms with van der Waals surface area (Å²) in [6, 6.07) is 6.22. The summed E-state index contributed by atoms with van der Waals surface area (Å²) < 4.78 is 0. The van der Waals surface area contributed by atoms with E-state index in [1.54, 1.807) is 19.0 Å². The molecule has 1 aromatic carbocycles. The molecule has 0 unspecified atom stereocenters. The normalized spacial score (nSPS) is 10.4. The molecule has 1 rings (SSSR count). The van der Waals surface area contributed by atoms with Crippen LogP contribution in [0.4, 0.5) is 5.69 Å². The van der Waals surface area contributed by atoms with Gasteiger partial charge in [0, 0.05) is 32.9 Å². The lowest BCUT2D eigenvalue weighted by molar-refractivity contribution is -0.127. The molecule has 0 bridgehead atoms. The number of carbonyl (C=O) groups excluding carboxylic acids is 1. The van der Waals surface area contributed by atoms with Crippen LogP contribution in [0.25, 0.3) is 0 Å². The van der Waals surface area contributed by atoms with Gasteiger partial charge in [-0.05, 0) is 30.5 Å². The summed E-state index contributed by atoms with van der Waals surface area (Å²) in [6.45, 7) is 5.92. The number of anilines is 1. The summed E-state index contributed by atoms with van der Waals surface area (Å²) >= 11 is 0. The smallest absolute Gasteiger partial charge is 0.241 e. The number of hydrogen-bond acceptors (Lipinski definition) is 3. The van der Waals surface area contributed by atoms with Crippen molar-refractivity contribution in [3.8, 4) is 0 Å². The van der Waals surface area contributed by atoms with Gasteiger partial charge in [0.2, 0.25) is 5.91 Å². The van der Waals surface area contributed by atoms with Crippen molar-refractivity contribution >= 4 is 11.6 Å². The zero-order chi connectivity index (χ0) is 14.4. The lowest BCUT2D eigenvalue weighted by Gasteiger charge is -2.27. The molecular formula is C15H25N3O. The Morgan fingerprint density at radius 1 is 1.32 bits per heavy atom. The molecule has 0 saturated heterocycles. The molecule has 0 aliphatic rings. The van der Waals surface area contributed by atoms with Crippen LogP contribution >= 0.6 is 0 Å². The van der Waals surface area contributed by atoms with Crippen molar-refractivity contribution < 1.29 is 4.79 Å². The summed E-state index contributed by atoms with van der Waals surface area (Å²) in [7, 11) is 3.57. The third kappa shape index (κ3) is 4.24. The van der Waals surface area contributed by atoms with E-state index in [0.29, 0.717) is 13.1 Å². The van der Waals surface area contributed by atoms with Crippen molar-refractivity contribution in [1.82, 2.24) is 4.90 Å². The summed E-state index contributed by atoms with van der Waals surface area (Å²) in [5.74, 6) is 0.109. The Morgan fingerprint density at radius 2 is 2.00 bits per heavy atom. The van der Waals surface area contributed by atoms with Crippen molar-refractivity contribution in [1.29, 1.82) is 0 Å². The monoisotopic (exact) mass is 263 g/mol. The van der Waals surface area contributed by atoms with E-state index in [-0.39, 0.29) is 5.91 Å². The minimum absolute atomic E-state index is 0.109. The van der Waals surface area contributed by atoms with E-state index in [1.807, 2.05) is 6.07 Å². The van der Waals surface area contributed by atoms with E-state index >= 15 is 0 Å². The Kier molecular flexibility index (Phi) is 5.83. The Bertz CT molecular complexity index is 429. The molecule has 0 aromatic heterocycles. The summed E-state index contributed by atoms with van der Waals surface area (Å²) in [4.78, 5) is 15.7. The molecule has 0 saturated carbocycles. The van der Waals surface area contributed by atoms with Crippen LogP contribution in [-0.4, -0.2) is 38.0 Å². The van der Waals surface area contributed by atoms with Crippen molar-refractivity contribution in [3.05, 3.63) is 29.3 Å². The molecule has 0 aliphatic carbocycles. The Labute approximate surface area is 116 Å². The Balaban J connectivity index is 3.04. The first-order chi connectivity index (χ1) is 8.99. The zero-order valence-corrected chi connectivity index (χ0v) is 12.4. The number of hydrogen-bond donors (Lipinski definition) is 1. The first kappa shape index (κ1) is 15.5. The predicted octanol–water partition coefficient (Wildman–Crippen LogP) is 1.76. The predicted molar refractivity (Wildman–Crippen MR) is 80.3 cm³/mol. The van der Waals surface area contributed by atoms with Gasteiger partial charge >= 0.3 is 0 Å². The molecule has 4 heteroatoms. The van der Waals surface area contributed by atoms with E-state index in [4.69, 9.17) is 5.73 Å². The summed E-state index contributed by atoms with van der Waals surface area (Å²) in [5, 5.41) is 0. The average molecular weight is 263 g/mol. The lowest BCUT2D eigenvalue weighted by Crippen LogP contribution is -2.37. The van der Waals surface area contributed by atoms with Crippen LogP contribution in [0, 0.1) is 6.92 Å². The topological polar surface area (TPSA) is 49.6 Å². The van der Waals surface area contributed by atoms with Gasteiger partial charge in [-0.3, -0.25) is 4.79 Å². The van der Waals surface area contributed by atoms with E-state index in [0.717, 1.165) is 24.2 Å². The number of carbonyl (C=O) groups is 1. The van der Waals surface area contributed by atoms with E-state index in [1.165, 1.54) is 5.56 Å². The van der Waals surface area contributed by atoms with Gasteiger partial charge in [0.05, 0.1) is 6.54 Å². The van der Waals surface area contributed by atoms with Gasteiger partial charge in [-0.1, -0.05) is 19.1 Å². The molecular weight excluding hydrogens is 238 g/mol. The van der Waals surface area contributed by atoms with Crippen molar-refractivity contribution in [2.24, 2.45) is 5.73 Å². The van der Waals surface area contributed by atoms with Crippen LogP contribution in [-0.2, 0) is 11.3 Å². The molecule has 0 radical (unpaired) electrons. The molecule has 1 amide bonds. The number of aryl methyl sites for hydroxylation is 1. The minimum Gasteiger partial charge on any atom is -0.362 e. The number of nitrogens with two attached hydrogens (primary N) is 1. The van der Waals surface area contributed by atoms with Crippen LogP contribution in [0.2, 0.25) is 0 Å². The van der Waals surface area contributed by atoms with Gasteiger partial charge in [0.25, 0.3) is 0 Å². The summed E-state index contributed by atoms with van der Waals surface area (Å²) in [6.07, 6.45) is 0.999. The number of amides is 1. The van der Waals surface area contributed by atoms with Gasteiger partial charge in [-0.15, -0.1) is 0 Å². The van der Waals surface area contributed by atoms with Crippen LogP contribution in [0.5, 0.6) is 0 Å². The number of benzene rings is 1. The number of likely N-dealkylation sites (N-methyl/N-ethyl adjacent to an activating group) is 1. The minimum atomic E-state index is 0.109. The molecule has 0 atom stereocenters. The highest BCUT2D eigenvalue weighted by Gasteiger charge is 2.15. The SMILES string of the molecule is CCCN(CC(=O)N(C)C)c1cc(C)ccc1CN. The van der Waals surface area contributed by atoms with Gasteiger partial charge in [0.15, 0.2) is 0 Å². The third-order valence-corrected chi connectivity index (χ3v) is 3.12. The highest BCUT2D eigenvalue weighted by atomic mass is 16.2. The maximum atomic E-state index is 11.9. The largest absolute Gasteiger partial charge is 0.362 e. The first-order valence-electron chi connectivity index (χ1n) is 6.74. The van der Waals surface area contributed by atoms with E-state index in [9.17, 15) is 4.79 Å². The van der Waals surface area contributed by atoms with E-state index < -0.39 is 0 Å². The number of rotatable bonds is 6. The van der Waals surface area contributed by atoms with Gasteiger partial charge < -0.3 is 15.5 Å². The van der Waals surface area contributed by atoms with Crippen LogP contribution < -0.4 is 10.6 Å². The highest BCUT2D eigenvalue weighted by molar-refractivity contribution is 5.81. The Hall–Kier alpha value is -1.55. The maximum absolute atomic E-state index is 11.9. The molecule has 1 aromatic rings. The van der Waals surface area contributed by atoms with Gasteiger partial charge in [-0.25, -0.2) is 0 Å². The van der Waals surface area contributed by atoms with E-state index in [2.05, 4.69) is 30.9 Å². The second-order valence-corrected chi connectivity index (χ2v) is 5.05. The second kappa shape index (κ2) is 7.14. The molecule has 0 heterocycles. The fraction of sp³-hybridized carbons (Fsp3) is 0.533. The zero-order valence-electron chi connectivity index (χ0n) is 12.4. The highest BCUT2D eigenvalue weighted by Crippen LogP contribution is 2.22. The molecule has 2 N–H and O–H groups in total. The Morgan fingerprint density at radius 3 is 2.53 bits per heavy atom. The average Bonchev–Trinajstić information content (AvgIpc) is 2.37. The van der Waals surface area contributed by atoms with Gasteiger partial charge in [0.1, 0.15) is 0 Å². The van der Waals surface area contributed by atoms with Crippen molar-refractivity contribution in [2.75, 3.05) is 32.1 Å². The third-order valence-electron chi connectivity index (χ3n) is 3.12. The first-order valence-corrected chi connectivity index (χ1v) is 6.74. The summed E-state index contributed by atoms with van der Waals surface area (Å²) in [5.41, 5.74) is 9.16. The molecule has 0 spiro atoms. The fourth-order valence-electron chi connectivity index (χ4n) is 2.00. The molecule has 0 fully saturated rings. The molecule has 0 aliphatic heterocycles. The second-order valence-electron chi connectivity index (χ2n) is 5.05. The van der Waals surface area contributed by atoms with Gasteiger partial charge in [-0.2, -0.15) is 0 Å². The van der Waals surface area contributed by atoms with Crippen molar-refractivity contribution in [2.45, 2.75) is 26.8 Å². The van der Waals surface area contributed by atoms with Crippen LogP contribution in [0.3, 0.4) is 0 Å². The standard InChI is InChI=1S/C15H25N3O/c1-5-8-18(11-15(19)17(3)4)14-9-12(2)6-7-13(14)10-16/h6-7,9H,5,8,10-11,16H2,1-4H3. The van der Waals surface area contributed by atoms with Crippen LogP contribution in [0.1, 0.15) is 24.5 Å². The maximum Gasteiger partial charge on any atom is 0.241 e. The quantitative estimate of drug-likeness (QED) is 0.851. The lowest BCUT2D eigenvalue weighted by atomic mass is 10.1.